The van der Waals surface area contributed by atoms with Crippen LogP contribution in [0.15, 0.2) is 18.2 Å². The smallest absolute Gasteiger partial charge is 0.324 e. The van der Waals surface area contributed by atoms with Gasteiger partial charge in [0.05, 0.1) is 18.8 Å². The minimum Gasteiger partial charge on any atom is -0.465 e. The van der Waals surface area contributed by atoms with Gasteiger partial charge in [0, 0.05) is 5.69 Å². The molecule has 0 heterocycles. The van der Waals surface area contributed by atoms with E-state index >= 15 is 0 Å². The van der Waals surface area contributed by atoms with Crippen molar-refractivity contribution in [3.05, 3.63) is 29.3 Å². The number of anilines is 1. The number of nitrogens with one attached hydrogen (secondary N) is 1. The van der Waals surface area contributed by atoms with Crippen molar-refractivity contribution in [3.8, 4) is 0 Å². The highest BCUT2D eigenvalue weighted by molar-refractivity contribution is 6.02. The first kappa shape index (κ1) is 16.6. The Morgan fingerprint density at radius 3 is 2.19 bits per heavy atom. The van der Waals surface area contributed by atoms with Crippen molar-refractivity contribution in [3.63, 3.8) is 0 Å². The van der Waals surface area contributed by atoms with Gasteiger partial charge in [-0.1, -0.05) is 6.07 Å². The van der Waals surface area contributed by atoms with Crippen molar-refractivity contribution in [1.29, 1.82) is 5.41 Å². The summed E-state index contributed by atoms with van der Waals surface area (Å²) >= 11 is 0. The molecule has 0 unspecified atom stereocenters. The molecule has 114 valence electrons. The van der Waals surface area contributed by atoms with Gasteiger partial charge in [-0.15, -0.1) is 0 Å². The zero-order valence-corrected chi connectivity index (χ0v) is 11.8. The fourth-order valence-electron chi connectivity index (χ4n) is 1.76. The van der Waals surface area contributed by atoms with Crippen molar-refractivity contribution in [2.75, 3.05) is 18.9 Å². The van der Waals surface area contributed by atoms with Gasteiger partial charge < -0.3 is 15.2 Å². The lowest BCUT2D eigenvalue weighted by molar-refractivity contribution is -0.156. The molecule has 0 fully saturated rings. The average molecular weight is 296 g/mol. The van der Waals surface area contributed by atoms with E-state index in [0.717, 1.165) is 0 Å². The number of nitrogen functional groups attached to an aromatic ring is 1. The second kappa shape index (κ2) is 7.37. The number of ether oxygens (including phenoxy) is 2. The van der Waals surface area contributed by atoms with E-state index in [-0.39, 0.29) is 30.0 Å². The Morgan fingerprint density at radius 1 is 1.24 bits per heavy atom. The zero-order chi connectivity index (χ0) is 16.0. The van der Waals surface area contributed by atoms with Gasteiger partial charge >= 0.3 is 11.9 Å². The van der Waals surface area contributed by atoms with Crippen LogP contribution in [0.2, 0.25) is 0 Å². The number of rotatable bonds is 6. The number of hydrogen-bond acceptors (Lipinski definition) is 6. The number of esters is 2. The van der Waals surface area contributed by atoms with Gasteiger partial charge in [0.1, 0.15) is 0 Å². The van der Waals surface area contributed by atoms with E-state index in [4.69, 9.17) is 20.6 Å². The summed E-state index contributed by atoms with van der Waals surface area (Å²) in [5, 5.41) is 7.01. The van der Waals surface area contributed by atoms with Gasteiger partial charge in [0.2, 0.25) is 5.97 Å². The topological polar surface area (TPSA) is 102 Å². The van der Waals surface area contributed by atoms with Gasteiger partial charge in [-0.05, 0) is 31.5 Å². The van der Waals surface area contributed by atoms with Crippen LogP contribution in [0.25, 0.3) is 0 Å². The molecule has 0 aliphatic rings. The monoisotopic (exact) mass is 296 g/mol. The molecule has 1 aromatic carbocycles. The van der Waals surface area contributed by atoms with E-state index in [9.17, 15) is 14.0 Å². The lowest BCUT2D eigenvalue weighted by Gasteiger charge is -2.15. The van der Waals surface area contributed by atoms with Gasteiger partial charge in [-0.3, -0.25) is 15.0 Å². The van der Waals surface area contributed by atoms with E-state index in [1.807, 2.05) is 0 Å². The maximum atomic E-state index is 13.1. The molecule has 0 bridgehead atoms. The second-order valence-corrected chi connectivity index (χ2v) is 4.10. The second-order valence-electron chi connectivity index (χ2n) is 4.10. The third kappa shape index (κ3) is 4.01. The molecule has 0 saturated carbocycles. The molecule has 0 aliphatic carbocycles. The Bertz CT molecular complexity index is 542. The highest BCUT2D eigenvalue weighted by atomic mass is 19.1. The third-order valence-corrected chi connectivity index (χ3v) is 2.69. The fourth-order valence-corrected chi connectivity index (χ4v) is 1.76. The molecule has 0 spiro atoms. The zero-order valence-electron chi connectivity index (χ0n) is 11.8. The fraction of sp³-hybridized carbons (Fsp3) is 0.357. The van der Waals surface area contributed by atoms with Crippen molar-refractivity contribution < 1.29 is 23.5 Å². The number of halogens is 1. The molecule has 0 amide bonds. The normalized spacial score (nSPS) is 10.3. The molecule has 3 N–H and O–H groups in total. The third-order valence-electron chi connectivity index (χ3n) is 2.69. The molecular weight excluding hydrogens is 279 g/mol. The lowest BCUT2D eigenvalue weighted by Crippen LogP contribution is -2.26. The predicted octanol–water partition coefficient (Wildman–Crippen LogP) is 1.77. The molecule has 0 aliphatic heterocycles. The largest absolute Gasteiger partial charge is 0.465 e. The first-order chi connectivity index (χ1) is 9.92. The molecule has 0 atom stereocenters. The SMILES string of the molecule is CCOC(=O)C(C(=O)OCC)c1ccc(N)c(C(=N)F)c1. The van der Waals surface area contributed by atoms with Crippen LogP contribution in [0.4, 0.5) is 10.1 Å². The molecule has 0 aromatic heterocycles. The van der Waals surface area contributed by atoms with Crippen molar-refractivity contribution >= 4 is 23.6 Å². The Balaban J connectivity index is 3.25. The Hall–Kier alpha value is -2.44. The van der Waals surface area contributed by atoms with Crippen molar-refractivity contribution in [2.45, 2.75) is 19.8 Å². The predicted molar refractivity (Wildman–Crippen MR) is 74.8 cm³/mol. The summed E-state index contributed by atoms with van der Waals surface area (Å²) in [6.07, 6.45) is 0. The summed E-state index contributed by atoms with van der Waals surface area (Å²) in [6, 6.07) is 3.90. The Morgan fingerprint density at radius 2 is 1.76 bits per heavy atom. The van der Waals surface area contributed by atoms with Crippen LogP contribution in [-0.4, -0.2) is 31.1 Å². The summed E-state index contributed by atoms with van der Waals surface area (Å²) in [5.41, 5.74) is 5.56. The van der Waals surface area contributed by atoms with Crippen LogP contribution >= 0.6 is 0 Å². The molecule has 7 heteroatoms. The van der Waals surface area contributed by atoms with Crippen molar-refractivity contribution in [2.24, 2.45) is 0 Å². The minimum atomic E-state index is -1.33. The highest BCUT2D eigenvalue weighted by Crippen LogP contribution is 2.24. The molecule has 1 aromatic rings. The summed E-state index contributed by atoms with van der Waals surface area (Å²) in [7, 11) is 0. The summed E-state index contributed by atoms with van der Waals surface area (Å²) in [5.74, 6) is -4.17. The van der Waals surface area contributed by atoms with E-state index in [2.05, 4.69) is 0 Å². The summed E-state index contributed by atoms with van der Waals surface area (Å²) < 4.78 is 22.8. The Labute approximate surface area is 121 Å². The summed E-state index contributed by atoms with van der Waals surface area (Å²) in [4.78, 5) is 23.8. The first-order valence-corrected chi connectivity index (χ1v) is 6.39. The number of nitrogens with two attached hydrogens (primary N) is 1. The van der Waals surface area contributed by atoms with Gasteiger partial charge in [-0.2, -0.15) is 4.39 Å². The maximum absolute atomic E-state index is 13.1. The lowest BCUT2D eigenvalue weighted by atomic mass is 9.96. The molecule has 0 saturated heterocycles. The quantitative estimate of drug-likeness (QED) is 0.360. The van der Waals surface area contributed by atoms with Crippen LogP contribution in [0.1, 0.15) is 30.9 Å². The molecule has 1 rings (SSSR count). The number of benzene rings is 1. The van der Waals surface area contributed by atoms with Gasteiger partial charge in [-0.25, -0.2) is 0 Å². The van der Waals surface area contributed by atoms with E-state index in [1.165, 1.54) is 18.2 Å². The number of hydrogen-bond donors (Lipinski definition) is 2. The van der Waals surface area contributed by atoms with Gasteiger partial charge in [0.15, 0.2) is 5.92 Å². The van der Waals surface area contributed by atoms with Crippen LogP contribution in [0.3, 0.4) is 0 Å². The van der Waals surface area contributed by atoms with E-state index < -0.39 is 23.8 Å². The molecular formula is C14H17FN2O4. The Kier molecular flexibility index (Phi) is 5.83. The summed E-state index contributed by atoms with van der Waals surface area (Å²) in [6.45, 7) is 3.39. The highest BCUT2D eigenvalue weighted by Gasteiger charge is 2.32. The van der Waals surface area contributed by atoms with Crippen LogP contribution in [-0.2, 0) is 19.1 Å². The van der Waals surface area contributed by atoms with Gasteiger partial charge in [0.25, 0.3) is 0 Å². The van der Waals surface area contributed by atoms with E-state index in [1.54, 1.807) is 13.8 Å². The van der Waals surface area contributed by atoms with Crippen molar-refractivity contribution in [1.82, 2.24) is 0 Å². The molecule has 6 nitrogen and oxygen atoms in total. The molecule has 0 radical (unpaired) electrons. The van der Waals surface area contributed by atoms with Crippen LogP contribution in [0.5, 0.6) is 0 Å². The van der Waals surface area contributed by atoms with Crippen LogP contribution < -0.4 is 5.73 Å². The maximum Gasteiger partial charge on any atom is 0.324 e. The molecule has 21 heavy (non-hydrogen) atoms. The number of carbonyl (C=O) groups is 2. The standard InChI is InChI=1S/C14H17FN2O4/c1-3-20-13(18)11(14(19)21-4-2)8-5-6-10(16)9(7-8)12(15)17/h5-7,11,17H,3-4,16H2,1-2H3. The average Bonchev–Trinajstić information content (AvgIpc) is 2.41. The minimum absolute atomic E-state index is 0.0396. The van der Waals surface area contributed by atoms with Crippen LogP contribution in [0, 0.1) is 5.41 Å². The number of carbonyl (C=O) groups excluding carboxylic acids is 2. The van der Waals surface area contributed by atoms with E-state index in [0.29, 0.717) is 0 Å². The first-order valence-electron chi connectivity index (χ1n) is 6.39.